The zero-order chi connectivity index (χ0) is 21.3. The molecular weight excluding hydrogens is 422 g/mol. The van der Waals surface area contributed by atoms with E-state index in [-0.39, 0.29) is 0 Å². The number of nitrogens with zero attached hydrogens (tertiary/aromatic N) is 7. The fourth-order valence-corrected chi connectivity index (χ4v) is 5.15. The predicted octanol–water partition coefficient (Wildman–Crippen LogP) is 3.02. The van der Waals surface area contributed by atoms with Gasteiger partial charge in [-0.1, -0.05) is 12.1 Å². The number of fused-ring (bicyclic) bond motifs is 1. The predicted molar refractivity (Wildman–Crippen MR) is 126 cm³/mol. The minimum Gasteiger partial charge on any atom is -0.383 e. The van der Waals surface area contributed by atoms with Gasteiger partial charge in [0.05, 0.1) is 34.3 Å². The number of para-hydroxylation sites is 1. The molecule has 2 aliphatic rings. The van der Waals surface area contributed by atoms with Crippen LogP contribution in [-0.2, 0) is 6.54 Å². The highest BCUT2D eigenvalue weighted by Crippen LogP contribution is 2.32. The second-order valence-electron chi connectivity index (χ2n) is 8.49. The average molecular weight is 448 g/mol. The van der Waals surface area contributed by atoms with Gasteiger partial charge in [0.15, 0.2) is 0 Å². The van der Waals surface area contributed by atoms with E-state index in [1.807, 2.05) is 12.3 Å². The zero-order valence-electron chi connectivity index (χ0n) is 17.7. The van der Waals surface area contributed by atoms with Gasteiger partial charge in [-0.3, -0.25) is 4.90 Å². The third-order valence-corrected chi connectivity index (χ3v) is 7.15. The second kappa shape index (κ2) is 8.44. The topological polar surface area (TPSA) is 98.8 Å². The molecule has 0 amide bonds. The smallest absolute Gasteiger partial charge is 0.225 e. The second-order valence-corrected chi connectivity index (χ2v) is 9.61. The molecule has 0 radical (unpaired) electrons. The number of hydrogen-bond donors (Lipinski definition) is 2. The maximum absolute atomic E-state index is 4.80. The zero-order valence-corrected chi connectivity index (χ0v) is 18.6. The molecule has 1 aromatic carbocycles. The van der Waals surface area contributed by atoms with E-state index in [9.17, 15) is 0 Å². The van der Waals surface area contributed by atoms with Gasteiger partial charge in [0.2, 0.25) is 5.82 Å². The molecule has 2 fully saturated rings. The Hall–Kier alpha value is -3.11. The van der Waals surface area contributed by atoms with Crippen LogP contribution in [-0.4, -0.2) is 68.2 Å². The molecule has 6 rings (SSSR count). The van der Waals surface area contributed by atoms with E-state index in [0.29, 0.717) is 5.82 Å². The van der Waals surface area contributed by atoms with Gasteiger partial charge in [0.25, 0.3) is 0 Å². The number of anilines is 2. The van der Waals surface area contributed by atoms with E-state index < -0.39 is 0 Å². The lowest BCUT2D eigenvalue weighted by molar-refractivity contribution is 0.249. The van der Waals surface area contributed by atoms with Crippen molar-refractivity contribution in [3.63, 3.8) is 0 Å². The van der Waals surface area contributed by atoms with Crippen LogP contribution in [0.4, 0.5) is 11.4 Å². The minimum atomic E-state index is 0.533. The number of tetrazole rings is 1. The Labute approximate surface area is 189 Å². The van der Waals surface area contributed by atoms with Gasteiger partial charge in [-0.05, 0) is 42.2 Å². The summed E-state index contributed by atoms with van der Waals surface area (Å²) in [4.78, 5) is 14.4. The Morgan fingerprint density at radius 3 is 2.78 bits per heavy atom. The van der Waals surface area contributed by atoms with Crippen molar-refractivity contribution >= 4 is 32.9 Å². The first-order chi connectivity index (χ1) is 15.8. The van der Waals surface area contributed by atoms with Gasteiger partial charge in [-0.15, -0.1) is 21.5 Å². The molecule has 0 bridgehead atoms. The number of piperazine rings is 1. The first kappa shape index (κ1) is 19.6. The molecule has 0 atom stereocenters. The van der Waals surface area contributed by atoms with E-state index in [2.05, 4.69) is 60.0 Å². The molecule has 1 aliphatic heterocycles. The van der Waals surface area contributed by atoms with Crippen LogP contribution in [0.1, 0.15) is 17.8 Å². The largest absolute Gasteiger partial charge is 0.383 e. The van der Waals surface area contributed by atoms with Gasteiger partial charge in [0, 0.05) is 32.7 Å². The molecule has 3 aromatic heterocycles. The number of thiazole rings is 1. The lowest BCUT2D eigenvalue weighted by atomic mass is 10.2. The SMILES string of the molecule is c1ccc2sc(CN3CCN(c4cc(NCC5CC5)cnc4-c4nn[nH]n4)CC3)nc2c1. The summed E-state index contributed by atoms with van der Waals surface area (Å²) in [7, 11) is 0. The van der Waals surface area contributed by atoms with Crippen molar-refractivity contribution in [3.05, 3.63) is 41.5 Å². The fourth-order valence-electron chi connectivity index (χ4n) is 4.14. The van der Waals surface area contributed by atoms with Crippen molar-refractivity contribution in [1.29, 1.82) is 0 Å². The van der Waals surface area contributed by atoms with Crippen LogP contribution >= 0.6 is 11.3 Å². The number of hydrogen-bond acceptors (Lipinski definition) is 9. The Bertz CT molecular complexity index is 1160. The first-order valence-electron chi connectivity index (χ1n) is 11.1. The van der Waals surface area contributed by atoms with Gasteiger partial charge in [-0.2, -0.15) is 5.21 Å². The summed E-state index contributed by atoms with van der Waals surface area (Å²) >= 11 is 1.79. The number of nitrogens with one attached hydrogen (secondary N) is 2. The number of aromatic nitrogens is 6. The average Bonchev–Trinajstić information content (AvgIpc) is 3.32. The highest BCUT2D eigenvalue weighted by molar-refractivity contribution is 7.18. The maximum Gasteiger partial charge on any atom is 0.225 e. The first-order valence-corrected chi connectivity index (χ1v) is 11.9. The number of rotatable bonds is 7. The molecule has 1 saturated heterocycles. The van der Waals surface area contributed by atoms with Crippen LogP contribution < -0.4 is 10.2 Å². The number of aromatic amines is 1. The summed E-state index contributed by atoms with van der Waals surface area (Å²) in [6.45, 7) is 5.69. The Morgan fingerprint density at radius 1 is 1.12 bits per heavy atom. The van der Waals surface area contributed by atoms with Gasteiger partial charge >= 0.3 is 0 Å². The summed E-state index contributed by atoms with van der Waals surface area (Å²) in [6, 6.07) is 10.5. The van der Waals surface area contributed by atoms with Crippen LogP contribution in [0.25, 0.3) is 21.7 Å². The molecule has 2 N–H and O–H groups in total. The molecule has 0 spiro atoms. The monoisotopic (exact) mass is 447 g/mol. The molecule has 164 valence electrons. The molecule has 10 heteroatoms. The van der Waals surface area contributed by atoms with Crippen molar-refractivity contribution in [1.82, 2.24) is 35.5 Å². The van der Waals surface area contributed by atoms with Crippen molar-refractivity contribution in [2.75, 3.05) is 42.9 Å². The highest BCUT2D eigenvalue weighted by Gasteiger charge is 2.24. The normalized spacial score (nSPS) is 17.2. The summed E-state index contributed by atoms with van der Waals surface area (Å²) < 4.78 is 1.26. The highest BCUT2D eigenvalue weighted by atomic mass is 32.1. The van der Waals surface area contributed by atoms with Gasteiger partial charge < -0.3 is 10.2 Å². The van der Waals surface area contributed by atoms with E-state index in [1.54, 1.807) is 11.3 Å². The summed E-state index contributed by atoms with van der Waals surface area (Å²) in [5.74, 6) is 1.34. The quantitative estimate of drug-likeness (QED) is 0.446. The number of pyridine rings is 1. The lowest BCUT2D eigenvalue weighted by Crippen LogP contribution is -2.46. The molecular formula is C22H25N9S. The number of H-pyrrole nitrogens is 1. The molecule has 4 heterocycles. The molecule has 0 unspecified atom stereocenters. The van der Waals surface area contributed by atoms with Crippen molar-refractivity contribution in [2.24, 2.45) is 5.92 Å². The van der Waals surface area contributed by atoms with E-state index in [4.69, 9.17) is 9.97 Å². The Kier molecular flexibility index (Phi) is 5.16. The molecule has 1 saturated carbocycles. The van der Waals surface area contributed by atoms with E-state index >= 15 is 0 Å². The van der Waals surface area contributed by atoms with Crippen LogP contribution in [0, 0.1) is 5.92 Å². The van der Waals surface area contributed by atoms with Crippen LogP contribution in [0.15, 0.2) is 36.5 Å². The Morgan fingerprint density at radius 2 is 2.00 bits per heavy atom. The standard InChI is InChI=1S/C22H25N9S/c1-2-4-19-17(3-1)25-20(32-19)14-30-7-9-31(10-8-30)18-11-16(23-12-15-5-6-15)13-24-21(18)22-26-28-29-27-22/h1-4,11,13,15,23H,5-10,12,14H2,(H,26,27,28,29). The van der Waals surface area contributed by atoms with Crippen molar-refractivity contribution < 1.29 is 0 Å². The van der Waals surface area contributed by atoms with E-state index in [1.165, 1.54) is 22.5 Å². The summed E-state index contributed by atoms with van der Waals surface area (Å²) in [6.07, 6.45) is 4.52. The van der Waals surface area contributed by atoms with Gasteiger partial charge in [-0.25, -0.2) is 9.97 Å². The lowest BCUT2D eigenvalue weighted by Gasteiger charge is -2.36. The molecule has 4 aromatic rings. The van der Waals surface area contributed by atoms with Crippen molar-refractivity contribution in [2.45, 2.75) is 19.4 Å². The van der Waals surface area contributed by atoms with Gasteiger partial charge in [0.1, 0.15) is 10.7 Å². The molecule has 1 aliphatic carbocycles. The fraction of sp³-hybridized carbons (Fsp3) is 0.409. The molecule has 32 heavy (non-hydrogen) atoms. The van der Waals surface area contributed by atoms with Crippen LogP contribution in [0.5, 0.6) is 0 Å². The Balaban J connectivity index is 1.17. The summed E-state index contributed by atoms with van der Waals surface area (Å²) in [5.41, 5.74) is 3.98. The van der Waals surface area contributed by atoms with Crippen LogP contribution in [0.3, 0.4) is 0 Å². The van der Waals surface area contributed by atoms with Crippen molar-refractivity contribution in [3.8, 4) is 11.5 Å². The number of benzene rings is 1. The third-order valence-electron chi connectivity index (χ3n) is 6.13. The third kappa shape index (κ3) is 4.15. The molecule has 9 nitrogen and oxygen atoms in total. The van der Waals surface area contributed by atoms with Crippen LogP contribution in [0.2, 0.25) is 0 Å². The maximum atomic E-state index is 4.80. The summed E-state index contributed by atoms with van der Waals surface area (Å²) in [5, 5.41) is 19.3. The van der Waals surface area contributed by atoms with E-state index in [0.717, 1.165) is 67.8 Å². The minimum absolute atomic E-state index is 0.533.